The van der Waals surface area contributed by atoms with Crippen molar-refractivity contribution >= 4 is 22.8 Å². The molecule has 0 radical (unpaired) electrons. The minimum absolute atomic E-state index is 0.132. The summed E-state index contributed by atoms with van der Waals surface area (Å²) in [5.74, 6) is -0.661. The van der Waals surface area contributed by atoms with Crippen LogP contribution in [0.15, 0.2) is 83.8 Å². The van der Waals surface area contributed by atoms with E-state index < -0.39 is 5.82 Å². The van der Waals surface area contributed by atoms with Crippen LogP contribution in [-0.2, 0) is 6.54 Å². The van der Waals surface area contributed by atoms with E-state index in [0.29, 0.717) is 21.6 Å². The molecule has 1 N–H and O–H groups in total. The normalized spacial score (nSPS) is 10.3. The number of carbonyl (C=O) groups is 2. The smallest absolute Gasteiger partial charge is 0.251 e. The molecule has 3 nitrogen and oxygen atoms in total. The number of hydrogen-bond acceptors (Lipinski definition) is 3. The highest BCUT2D eigenvalue weighted by molar-refractivity contribution is 8.14. The fourth-order valence-corrected chi connectivity index (χ4v) is 3.24. The molecule has 0 atom stereocenters. The molecule has 0 fully saturated rings. The lowest BCUT2D eigenvalue weighted by Crippen LogP contribution is -2.23. The van der Waals surface area contributed by atoms with Gasteiger partial charge in [0.15, 0.2) is 0 Å². The minimum atomic E-state index is -0.412. The van der Waals surface area contributed by atoms with Gasteiger partial charge in [0.2, 0.25) is 5.12 Å². The molecule has 0 aliphatic carbocycles. The van der Waals surface area contributed by atoms with Gasteiger partial charge in [0, 0.05) is 22.6 Å². The van der Waals surface area contributed by atoms with E-state index in [4.69, 9.17) is 0 Å². The van der Waals surface area contributed by atoms with Crippen molar-refractivity contribution in [2.24, 2.45) is 0 Å². The molecular weight excluding hydrogens is 349 g/mol. The van der Waals surface area contributed by atoms with Gasteiger partial charge < -0.3 is 5.32 Å². The number of rotatable bonds is 5. The highest BCUT2D eigenvalue weighted by Crippen LogP contribution is 2.27. The van der Waals surface area contributed by atoms with Gasteiger partial charge in [-0.25, -0.2) is 4.39 Å². The van der Waals surface area contributed by atoms with Crippen LogP contribution in [0.3, 0.4) is 0 Å². The van der Waals surface area contributed by atoms with E-state index in [1.165, 1.54) is 12.1 Å². The highest BCUT2D eigenvalue weighted by atomic mass is 32.2. The Hall–Kier alpha value is -2.92. The predicted molar refractivity (Wildman–Crippen MR) is 101 cm³/mol. The molecular formula is C21H16FNO2S. The van der Waals surface area contributed by atoms with Crippen LogP contribution in [0.4, 0.5) is 4.39 Å². The van der Waals surface area contributed by atoms with E-state index >= 15 is 0 Å². The first kappa shape index (κ1) is 17.9. The molecule has 0 heterocycles. The van der Waals surface area contributed by atoms with Crippen molar-refractivity contribution in [3.8, 4) is 0 Å². The predicted octanol–water partition coefficient (Wildman–Crippen LogP) is 4.69. The first-order valence-electron chi connectivity index (χ1n) is 8.02. The average molecular weight is 365 g/mol. The summed E-state index contributed by atoms with van der Waals surface area (Å²) in [5, 5.41) is 2.63. The fraction of sp³-hybridized carbons (Fsp3) is 0.0476. The monoisotopic (exact) mass is 365 g/mol. The first-order valence-corrected chi connectivity index (χ1v) is 8.84. The Kier molecular flexibility index (Phi) is 5.81. The van der Waals surface area contributed by atoms with Crippen LogP contribution >= 0.6 is 11.8 Å². The topological polar surface area (TPSA) is 46.2 Å². The molecule has 130 valence electrons. The molecule has 5 heteroatoms. The molecule has 3 rings (SSSR count). The zero-order valence-corrected chi connectivity index (χ0v) is 14.6. The van der Waals surface area contributed by atoms with Crippen LogP contribution in [-0.4, -0.2) is 11.0 Å². The van der Waals surface area contributed by atoms with Crippen LogP contribution in [0.2, 0.25) is 0 Å². The lowest BCUT2D eigenvalue weighted by atomic mass is 10.2. The van der Waals surface area contributed by atoms with E-state index in [1.807, 2.05) is 12.1 Å². The molecule has 1 amide bonds. The van der Waals surface area contributed by atoms with Crippen molar-refractivity contribution < 1.29 is 14.0 Å². The maximum Gasteiger partial charge on any atom is 0.251 e. The summed E-state index contributed by atoms with van der Waals surface area (Å²) in [7, 11) is 0. The van der Waals surface area contributed by atoms with E-state index in [9.17, 15) is 14.0 Å². The third-order valence-corrected chi connectivity index (χ3v) is 4.75. The Labute approximate surface area is 155 Å². The van der Waals surface area contributed by atoms with Crippen LogP contribution in [0, 0.1) is 5.82 Å². The molecule has 0 spiro atoms. The number of nitrogens with one attached hydrogen (secondary N) is 1. The quantitative estimate of drug-likeness (QED) is 0.667. The zero-order chi connectivity index (χ0) is 18.4. The summed E-state index contributed by atoms with van der Waals surface area (Å²) >= 11 is 1.02. The zero-order valence-electron chi connectivity index (χ0n) is 13.8. The van der Waals surface area contributed by atoms with Gasteiger partial charge in [0.25, 0.3) is 5.91 Å². The second-order valence-electron chi connectivity index (χ2n) is 5.56. The van der Waals surface area contributed by atoms with Crippen LogP contribution in [0.5, 0.6) is 0 Å². The van der Waals surface area contributed by atoms with Crippen molar-refractivity contribution in [3.05, 3.63) is 101 Å². The molecule has 0 aliphatic rings. The second kappa shape index (κ2) is 8.45. The SMILES string of the molecule is O=C(NCc1cc(F)ccc1SC(=O)c1ccccc1)c1ccccc1. The molecule has 0 saturated heterocycles. The maximum atomic E-state index is 13.6. The minimum Gasteiger partial charge on any atom is -0.348 e. The van der Waals surface area contributed by atoms with Crippen molar-refractivity contribution in [3.63, 3.8) is 0 Å². The lowest BCUT2D eigenvalue weighted by molar-refractivity contribution is 0.0950. The number of carbonyl (C=O) groups excluding carboxylic acids is 2. The van der Waals surface area contributed by atoms with Crippen molar-refractivity contribution in [1.82, 2.24) is 5.32 Å². The highest BCUT2D eigenvalue weighted by Gasteiger charge is 2.13. The van der Waals surface area contributed by atoms with E-state index in [2.05, 4.69) is 5.32 Å². The van der Waals surface area contributed by atoms with Crippen LogP contribution in [0.1, 0.15) is 26.3 Å². The average Bonchev–Trinajstić information content (AvgIpc) is 2.69. The number of benzene rings is 3. The Bertz CT molecular complexity index is 914. The van der Waals surface area contributed by atoms with Gasteiger partial charge in [0.05, 0.1) is 0 Å². The van der Waals surface area contributed by atoms with Gasteiger partial charge in [-0.15, -0.1) is 0 Å². The van der Waals surface area contributed by atoms with Gasteiger partial charge in [-0.3, -0.25) is 9.59 Å². The Morgan fingerprint density at radius 1 is 0.846 bits per heavy atom. The molecule has 0 aromatic heterocycles. The van der Waals surface area contributed by atoms with Crippen molar-refractivity contribution in [1.29, 1.82) is 0 Å². The molecule has 0 bridgehead atoms. The maximum absolute atomic E-state index is 13.6. The number of hydrogen-bond donors (Lipinski definition) is 1. The molecule has 3 aromatic carbocycles. The Balaban J connectivity index is 1.74. The fourth-order valence-electron chi connectivity index (χ4n) is 2.39. The van der Waals surface area contributed by atoms with E-state index in [-0.39, 0.29) is 17.6 Å². The molecule has 0 aliphatic heterocycles. The summed E-state index contributed by atoms with van der Waals surface area (Å²) in [6.07, 6.45) is 0. The largest absolute Gasteiger partial charge is 0.348 e. The van der Waals surface area contributed by atoms with Gasteiger partial charge >= 0.3 is 0 Å². The third-order valence-electron chi connectivity index (χ3n) is 3.71. The van der Waals surface area contributed by atoms with Gasteiger partial charge in [-0.1, -0.05) is 48.5 Å². The Morgan fingerprint density at radius 2 is 1.46 bits per heavy atom. The van der Waals surface area contributed by atoms with Gasteiger partial charge in [-0.2, -0.15) is 0 Å². The van der Waals surface area contributed by atoms with E-state index in [0.717, 1.165) is 11.8 Å². The summed E-state index contributed by atoms with van der Waals surface area (Å²) in [6, 6.07) is 21.9. The van der Waals surface area contributed by atoms with Crippen LogP contribution < -0.4 is 5.32 Å². The standard InChI is InChI=1S/C21H16FNO2S/c22-18-11-12-19(26-21(25)16-9-5-2-6-10-16)17(13-18)14-23-20(24)15-7-3-1-4-8-15/h1-13H,14H2,(H,23,24). The Morgan fingerprint density at radius 3 is 2.12 bits per heavy atom. The summed E-state index contributed by atoms with van der Waals surface area (Å²) in [6.45, 7) is 0.135. The summed E-state index contributed by atoms with van der Waals surface area (Å²) in [4.78, 5) is 25.2. The molecule has 3 aromatic rings. The van der Waals surface area contributed by atoms with Crippen molar-refractivity contribution in [2.45, 2.75) is 11.4 Å². The molecule has 26 heavy (non-hydrogen) atoms. The summed E-state index contributed by atoms with van der Waals surface area (Å²) < 4.78 is 13.6. The first-order chi connectivity index (χ1) is 12.6. The number of halogens is 1. The second-order valence-corrected chi connectivity index (χ2v) is 6.57. The van der Waals surface area contributed by atoms with Crippen molar-refractivity contribution in [2.75, 3.05) is 0 Å². The van der Waals surface area contributed by atoms with Crippen LogP contribution in [0.25, 0.3) is 0 Å². The number of thioether (sulfide) groups is 1. The van der Waals surface area contributed by atoms with Gasteiger partial charge in [-0.05, 0) is 47.7 Å². The molecule has 0 saturated carbocycles. The van der Waals surface area contributed by atoms with Gasteiger partial charge in [0.1, 0.15) is 5.82 Å². The third kappa shape index (κ3) is 4.58. The number of amides is 1. The summed E-state index contributed by atoms with van der Waals surface area (Å²) in [5.41, 5.74) is 1.66. The molecule has 0 unspecified atom stereocenters. The van der Waals surface area contributed by atoms with E-state index in [1.54, 1.807) is 54.6 Å². The lowest BCUT2D eigenvalue weighted by Gasteiger charge is -2.10.